The number of hydrogen-bond donors (Lipinski definition) is 1. The minimum Gasteiger partial charge on any atom is -0.324 e. The molecule has 1 atom stereocenters. The molecule has 0 amide bonds. The van der Waals surface area contributed by atoms with E-state index in [1.165, 1.54) is 12.3 Å². The van der Waals surface area contributed by atoms with Gasteiger partial charge in [0.2, 0.25) is 0 Å². The van der Waals surface area contributed by atoms with Crippen LogP contribution in [0.15, 0.2) is 42.7 Å². The van der Waals surface area contributed by atoms with Crippen molar-refractivity contribution in [3.05, 3.63) is 64.4 Å². The molecule has 2 nitrogen and oxygen atoms in total. The van der Waals surface area contributed by atoms with Crippen LogP contribution in [0, 0.1) is 0 Å². The minimum absolute atomic E-state index is 0.350. The van der Waals surface area contributed by atoms with Gasteiger partial charge in [-0.05, 0) is 35.7 Å². The highest BCUT2D eigenvalue weighted by molar-refractivity contribution is 6.31. The van der Waals surface area contributed by atoms with E-state index >= 15 is 0 Å². The molecule has 2 rings (SSSR count). The van der Waals surface area contributed by atoms with Gasteiger partial charge in [-0.15, -0.1) is 0 Å². The fourth-order valence-electron chi connectivity index (χ4n) is 1.87. The first-order valence-electron chi connectivity index (χ1n) is 5.89. The molecule has 0 aliphatic carbocycles. The lowest BCUT2D eigenvalue weighted by atomic mass is 9.98. The summed E-state index contributed by atoms with van der Waals surface area (Å²) in [5, 5.41) is 0.454. The third-order valence-electron chi connectivity index (χ3n) is 2.94. The Bertz CT molecular complexity index is 599. The van der Waals surface area contributed by atoms with Crippen LogP contribution in [-0.2, 0) is 12.6 Å². The fourth-order valence-corrected chi connectivity index (χ4v) is 2.07. The smallest absolute Gasteiger partial charge is 0.324 e. The van der Waals surface area contributed by atoms with Crippen LogP contribution in [0.5, 0.6) is 0 Å². The van der Waals surface area contributed by atoms with Gasteiger partial charge in [-0.2, -0.15) is 13.2 Å². The predicted octanol–water partition coefficient (Wildman–Crippen LogP) is 4.00. The zero-order chi connectivity index (χ0) is 14.8. The summed E-state index contributed by atoms with van der Waals surface area (Å²) in [5.41, 5.74) is 6.44. The van der Waals surface area contributed by atoms with Crippen molar-refractivity contribution in [3.63, 3.8) is 0 Å². The van der Waals surface area contributed by atoms with Crippen molar-refractivity contribution < 1.29 is 13.2 Å². The zero-order valence-electron chi connectivity index (χ0n) is 10.4. The highest BCUT2D eigenvalue weighted by Crippen LogP contribution is 2.31. The van der Waals surface area contributed by atoms with Crippen molar-refractivity contribution in [2.24, 2.45) is 5.73 Å². The Hall–Kier alpha value is -1.59. The maximum Gasteiger partial charge on any atom is 0.416 e. The van der Waals surface area contributed by atoms with Crippen molar-refractivity contribution in [1.29, 1.82) is 0 Å². The second-order valence-electron chi connectivity index (χ2n) is 4.40. The molecule has 0 fully saturated rings. The second kappa shape index (κ2) is 5.81. The Morgan fingerprint density at radius 3 is 2.65 bits per heavy atom. The Labute approximate surface area is 119 Å². The highest BCUT2D eigenvalue weighted by atomic mass is 35.5. The van der Waals surface area contributed by atoms with E-state index in [4.69, 9.17) is 17.3 Å². The molecule has 1 unspecified atom stereocenters. The van der Waals surface area contributed by atoms with Crippen LogP contribution in [0.1, 0.15) is 22.7 Å². The van der Waals surface area contributed by atoms with Crippen molar-refractivity contribution in [2.45, 2.75) is 18.6 Å². The molecular weight excluding hydrogens is 289 g/mol. The Balaban J connectivity index is 2.22. The zero-order valence-corrected chi connectivity index (χ0v) is 11.1. The summed E-state index contributed by atoms with van der Waals surface area (Å²) in [5.74, 6) is 0. The lowest BCUT2D eigenvalue weighted by Gasteiger charge is -2.15. The maximum absolute atomic E-state index is 12.7. The van der Waals surface area contributed by atoms with Crippen molar-refractivity contribution in [1.82, 2.24) is 4.98 Å². The van der Waals surface area contributed by atoms with E-state index in [-0.39, 0.29) is 0 Å². The number of pyridine rings is 1. The summed E-state index contributed by atoms with van der Waals surface area (Å²) in [6.07, 6.45) is -0.970. The van der Waals surface area contributed by atoms with E-state index in [9.17, 15) is 13.2 Å². The molecule has 0 saturated heterocycles. The second-order valence-corrected chi connectivity index (χ2v) is 4.81. The Morgan fingerprint density at radius 1 is 1.25 bits per heavy atom. The molecule has 6 heteroatoms. The molecule has 0 radical (unpaired) electrons. The van der Waals surface area contributed by atoms with E-state index in [0.29, 0.717) is 17.0 Å². The molecule has 1 aromatic carbocycles. The molecule has 0 aliphatic heterocycles. The standard InChI is InChI=1S/C14H12ClF3N2/c15-12-8-20-5-4-9(12)7-13(19)10-2-1-3-11(6-10)14(16,17)18/h1-6,8,13H,7,19H2. The molecule has 106 valence electrons. The molecule has 1 aromatic heterocycles. The molecule has 0 aliphatic rings. The van der Waals surface area contributed by atoms with Crippen LogP contribution in [0.4, 0.5) is 13.2 Å². The lowest BCUT2D eigenvalue weighted by Crippen LogP contribution is -2.15. The third kappa shape index (κ3) is 3.49. The van der Waals surface area contributed by atoms with Gasteiger partial charge in [-0.3, -0.25) is 4.98 Å². The highest BCUT2D eigenvalue weighted by Gasteiger charge is 2.30. The average Bonchev–Trinajstić information content (AvgIpc) is 2.40. The molecule has 0 saturated carbocycles. The quantitative estimate of drug-likeness (QED) is 0.930. The van der Waals surface area contributed by atoms with Gasteiger partial charge >= 0.3 is 6.18 Å². The van der Waals surface area contributed by atoms with Crippen LogP contribution in [0.2, 0.25) is 5.02 Å². The number of alkyl halides is 3. The maximum atomic E-state index is 12.7. The van der Waals surface area contributed by atoms with Crippen LogP contribution >= 0.6 is 11.6 Å². The summed E-state index contributed by atoms with van der Waals surface area (Å²) in [6.45, 7) is 0. The summed E-state index contributed by atoms with van der Waals surface area (Å²) < 4.78 is 38.0. The Morgan fingerprint density at radius 2 is 2.00 bits per heavy atom. The molecule has 2 N–H and O–H groups in total. The summed E-state index contributed by atoms with van der Waals surface area (Å²) in [7, 11) is 0. The predicted molar refractivity (Wildman–Crippen MR) is 71.3 cm³/mol. The first kappa shape index (κ1) is 14.8. The number of hydrogen-bond acceptors (Lipinski definition) is 2. The van der Waals surface area contributed by atoms with Crippen LogP contribution in [0.25, 0.3) is 0 Å². The van der Waals surface area contributed by atoms with Crippen molar-refractivity contribution >= 4 is 11.6 Å². The van der Waals surface area contributed by atoms with Gasteiger partial charge in [-0.1, -0.05) is 23.7 Å². The van der Waals surface area contributed by atoms with E-state index < -0.39 is 17.8 Å². The summed E-state index contributed by atoms with van der Waals surface area (Å²) in [6, 6.07) is 6.17. The molecule has 20 heavy (non-hydrogen) atoms. The molecule has 1 heterocycles. The number of benzene rings is 1. The monoisotopic (exact) mass is 300 g/mol. The number of nitrogens with zero attached hydrogens (tertiary/aromatic N) is 1. The first-order chi connectivity index (χ1) is 9.38. The summed E-state index contributed by atoms with van der Waals surface area (Å²) >= 11 is 5.96. The van der Waals surface area contributed by atoms with E-state index in [0.717, 1.165) is 17.7 Å². The fraction of sp³-hybridized carbons (Fsp3) is 0.214. The van der Waals surface area contributed by atoms with Gasteiger partial charge in [0.05, 0.1) is 10.6 Å². The lowest BCUT2D eigenvalue weighted by molar-refractivity contribution is -0.137. The van der Waals surface area contributed by atoms with E-state index in [1.54, 1.807) is 18.3 Å². The number of nitrogens with two attached hydrogens (primary N) is 1. The minimum atomic E-state index is -4.37. The van der Waals surface area contributed by atoms with Gasteiger partial charge in [0.1, 0.15) is 0 Å². The SMILES string of the molecule is NC(Cc1ccncc1Cl)c1cccc(C(F)(F)F)c1. The number of rotatable bonds is 3. The third-order valence-corrected chi connectivity index (χ3v) is 3.28. The van der Waals surface area contributed by atoms with Gasteiger partial charge < -0.3 is 5.73 Å². The van der Waals surface area contributed by atoms with E-state index in [2.05, 4.69) is 4.98 Å². The topological polar surface area (TPSA) is 38.9 Å². The average molecular weight is 301 g/mol. The Kier molecular flexibility index (Phi) is 4.30. The van der Waals surface area contributed by atoms with Crippen LogP contribution in [-0.4, -0.2) is 4.98 Å². The van der Waals surface area contributed by atoms with Gasteiger partial charge in [0.25, 0.3) is 0 Å². The molecule has 0 spiro atoms. The van der Waals surface area contributed by atoms with Gasteiger partial charge in [0, 0.05) is 18.4 Å². The van der Waals surface area contributed by atoms with Gasteiger partial charge in [0.15, 0.2) is 0 Å². The van der Waals surface area contributed by atoms with E-state index in [1.807, 2.05) is 0 Å². The van der Waals surface area contributed by atoms with Crippen LogP contribution in [0.3, 0.4) is 0 Å². The van der Waals surface area contributed by atoms with Crippen molar-refractivity contribution in [3.8, 4) is 0 Å². The molecule has 0 bridgehead atoms. The van der Waals surface area contributed by atoms with Crippen molar-refractivity contribution in [2.75, 3.05) is 0 Å². The number of aromatic nitrogens is 1. The number of halogens is 4. The molecular formula is C14H12ClF3N2. The molecule has 2 aromatic rings. The normalized spacial score (nSPS) is 13.2. The largest absolute Gasteiger partial charge is 0.416 e. The summed E-state index contributed by atoms with van der Waals surface area (Å²) in [4.78, 5) is 3.85. The van der Waals surface area contributed by atoms with Crippen LogP contribution < -0.4 is 5.73 Å². The first-order valence-corrected chi connectivity index (χ1v) is 6.27. The van der Waals surface area contributed by atoms with Gasteiger partial charge in [-0.25, -0.2) is 0 Å².